The normalized spacial score (nSPS) is 23.1. The van der Waals surface area contributed by atoms with Gasteiger partial charge in [0.05, 0.1) is 18.3 Å². The predicted molar refractivity (Wildman–Crippen MR) is 100 cm³/mol. The molecule has 7 nitrogen and oxygen atoms in total. The molecule has 27 heavy (non-hydrogen) atoms. The van der Waals surface area contributed by atoms with E-state index in [1.807, 2.05) is 30.3 Å². The molecule has 2 aromatic rings. The summed E-state index contributed by atoms with van der Waals surface area (Å²) in [5, 5.41) is 20.8. The first kappa shape index (κ1) is 17.7. The van der Waals surface area contributed by atoms with Crippen LogP contribution < -0.4 is 9.03 Å². The van der Waals surface area contributed by atoms with Gasteiger partial charge in [0, 0.05) is 0 Å². The largest absolute Gasteiger partial charge is 0.506 e. The van der Waals surface area contributed by atoms with Gasteiger partial charge in [-0.15, -0.1) is 0 Å². The second-order valence-corrected chi connectivity index (χ2v) is 8.27. The van der Waals surface area contributed by atoms with Gasteiger partial charge in [0.1, 0.15) is 18.1 Å². The van der Waals surface area contributed by atoms with Crippen LogP contribution in [0.5, 0.6) is 5.75 Å². The number of rotatable bonds is 4. The Morgan fingerprint density at radius 2 is 2.00 bits per heavy atom. The zero-order chi connectivity index (χ0) is 19.2. The standard InChI is InChI=1S/C19H18N2O5S/c22-11-15-10-21(27(25,26)20-15)17-6-5-12(8-18(17)23)7-14-9-13-3-1-2-4-16(13)19(14)24/h1-6,8-9,11,15,19-20,23-24H,7,10H2. The summed E-state index contributed by atoms with van der Waals surface area (Å²) in [5.41, 5.74) is 3.47. The summed E-state index contributed by atoms with van der Waals surface area (Å²) in [5.74, 6) is -0.199. The second kappa shape index (κ2) is 6.49. The molecule has 140 valence electrons. The third-order valence-electron chi connectivity index (χ3n) is 4.82. The highest BCUT2D eigenvalue weighted by Gasteiger charge is 2.36. The van der Waals surface area contributed by atoms with Crippen LogP contribution >= 0.6 is 0 Å². The first-order valence-corrected chi connectivity index (χ1v) is 9.87. The van der Waals surface area contributed by atoms with Crippen LogP contribution in [-0.2, 0) is 21.4 Å². The molecule has 2 unspecified atom stereocenters. The number of fused-ring (bicyclic) bond motifs is 1. The highest BCUT2D eigenvalue weighted by atomic mass is 32.2. The van der Waals surface area contributed by atoms with Crippen LogP contribution in [0.3, 0.4) is 0 Å². The Balaban J connectivity index is 1.58. The summed E-state index contributed by atoms with van der Waals surface area (Å²) in [6.45, 7) is -0.0715. The number of nitrogens with one attached hydrogen (secondary N) is 1. The molecule has 1 heterocycles. The van der Waals surface area contributed by atoms with E-state index in [4.69, 9.17) is 0 Å². The minimum atomic E-state index is -3.86. The number of benzene rings is 2. The smallest absolute Gasteiger partial charge is 0.302 e. The maximum Gasteiger partial charge on any atom is 0.302 e. The SMILES string of the molecule is O=CC1CN(c2ccc(CC3=Cc4ccccc4C3O)cc2O)S(=O)(=O)N1. The molecular weight excluding hydrogens is 368 g/mol. The quantitative estimate of drug-likeness (QED) is 0.687. The first-order chi connectivity index (χ1) is 12.9. The van der Waals surface area contributed by atoms with Crippen molar-refractivity contribution in [3.05, 3.63) is 64.7 Å². The molecule has 0 saturated carbocycles. The van der Waals surface area contributed by atoms with Crippen LogP contribution in [0, 0.1) is 0 Å². The summed E-state index contributed by atoms with van der Waals surface area (Å²) < 4.78 is 27.4. The third kappa shape index (κ3) is 3.12. The van der Waals surface area contributed by atoms with Gasteiger partial charge < -0.3 is 15.0 Å². The predicted octanol–water partition coefficient (Wildman–Crippen LogP) is 1.29. The molecule has 2 aromatic carbocycles. The van der Waals surface area contributed by atoms with Crippen LogP contribution in [0.4, 0.5) is 5.69 Å². The lowest BCUT2D eigenvalue weighted by Crippen LogP contribution is -2.30. The van der Waals surface area contributed by atoms with E-state index < -0.39 is 22.4 Å². The molecule has 0 spiro atoms. The topological polar surface area (TPSA) is 107 Å². The Morgan fingerprint density at radius 3 is 2.67 bits per heavy atom. The third-order valence-corrected chi connectivity index (χ3v) is 6.34. The second-order valence-electron chi connectivity index (χ2n) is 6.65. The summed E-state index contributed by atoms with van der Waals surface area (Å²) in [7, 11) is -3.86. The maximum absolute atomic E-state index is 12.1. The number of hydrogen-bond donors (Lipinski definition) is 3. The van der Waals surface area contributed by atoms with Gasteiger partial charge in [0.25, 0.3) is 0 Å². The molecule has 1 aliphatic carbocycles. The number of aromatic hydroxyl groups is 1. The van der Waals surface area contributed by atoms with Gasteiger partial charge in [-0.25, -0.2) is 0 Å². The van der Waals surface area contributed by atoms with E-state index in [0.717, 1.165) is 26.6 Å². The fourth-order valence-corrected chi connectivity index (χ4v) is 4.92. The minimum Gasteiger partial charge on any atom is -0.506 e. The van der Waals surface area contributed by atoms with Gasteiger partial charge in [-0.3, -0.25) is 4.31 Å². The number of phenols is 1. The monoisotopic (exact) mass is 386 g/mol. The zero-order valence-electron chi connectivity index (χ0n) is 14.2. The van der Waals surface area contributed by atoms with Gasteiger partial charge >= 0.3 is 10.2 Å². The molecule has 3 N–H and O–H groups in total. The summed E-state index contributed by atoms with van der Waals surface area (Å²) in [6, 6.07) is 11.4. The number of aliphatic hydroxyl groups is 1. The Bertz CT molecular complexity index is 1050. The molecule has 0 amide bonds. The van der Waals surface area contributed by atoms with Crippen molar-refractivity contribution in [2.75, 3.05) is 10.8 Å². The zero-order valence-corrected chi connectivity index (χ0v) is 15.1. The van der Waals surface area contributed by atoms with E-state index in [1.54, 1.807) is 6.07 Å². The van der Waals surface area contributed by atoms with Crippen molar-refractivity contribution in [3.8, 4) is 5.75 Å². The highest BCUT2D eigenvalue weighted by Crippen LogP contribution is 2.37. The number of nitrogens with zero attached hydrogens (tertiary/aromatic N) is 1. The van der Waals surface area contributed by atoms with Crippen molar-refractivity contribution in [1.82, 2.24) is 4.72 Å². The lowest BCUT2D eigenvalue weighted by Gasteiger charge is -2.18. The van der Waals surface area contributed by atoms with Crippen LogP contribution in [0.1, 0.15) is 22.8 Å². The molecule has 2 aliphatic rings. The molecular formula is C19H18N2O5S. The van der Waals surface area contributed by atoms with E-state index in [0.29, 0.717) is 12.7 Å². The number of aldehydes is 1. The van der Waals surface area contributed by atoms with Crippen LogP contribution in [0.15, 0.2) is 48.0 Å². The number of phenolic OH excluding ortho intramolecular Hbond substituents is 1. The van der Waals surface area contributed by atoms with Crippen LogP contribution in [0.2, 0.25) is 0 Å². The van der Waals surface area contributed by atoms with Crippen molar-refractivity contribution in [2.45, 2.75) is 18.6 Å². The van der Waals surface area contributed by atoms with E-state index in [-0.39, 0.29) is 18.0 Å². The lowest BCUT2D eigenvalue weighted by atomic mass is 10.0. The molecule has 2 atom stereocenters. The molecule has 8 heteroatoms. The van der Waals surface area contributed by atoms with E-state index in [9.17, 15) is 23.4 Å². The molecule has 4 rings (SSSR count). The van der Waals surface area contributed by atoms with Gasteiger partial charge in [0.15, 0.2) is 0 Å². The summed E-state index contributed by atoms with van der Waals surface area (Å²) >= 11 is 0. The van der Waals surface area contributed by atoms with Crippen LogP contribution in [-0.4, -0.2) is 37.5 Å². The summed E-state index contributed by atoms with van der Waals surface area (Å²) in [6.07, 6.45) is 2.17. The molecule has 1 saturated heterocycles. The van der Waals surface area contributed by atoms with Crippen molar-refractivity contribution in [2.24, 2.45) is 0 Å². The number of carbonyl (C=O) groups is 1. The fraction of sp³-hybridized carbons (Fsp3) is 0.211. The van der Waals surface area contributed by atoms with Crippen molar-refractivity contribution in [1.29, 1.82) is 0 Å². The van der Waals surface area contributed by atoms with Crippen molar-refractivity contribution < 1.29 is 23.4 Å². The van der Waals surface area contributed by atoms with Crippen molar-refractivity contribution >= 4 is 28.3 Å². The van der Waals surface area contributed by atoms with Gasteiger partial charge in [-0.2, -0.15) is 13.1 Å². The Hall–Kier alpha value is -2.68. The highest BCUT2D eigenvalue weighted by molar-refractivity contribution is 7.91. The Labute approximate surface area is 156 Å². The molecule has 1 aliphatic heterocycles. The Morgan fingerprint density at radius 1 is 1.22 bits per heavy atom. The molecule has 0 radical (unpaired) electrons. The first-order valence-electron chi connectivity index (χ1n) is 8.43. The van der Waals surface area contributed by atoms with E-state index in [1.165, 1.54) is 12.1 Å². The number of anilines is 1. The summed E-state index contributed by atoms with van der Waals surface area (Å²) in [4.78, 5) is 10.9. The van der Waals surface area contributed by atoms with Crippen LogP contribution in [0.25, 0.3) is 6.08 Å². The molecule has 1 fully saturated rings. The molecule has 0 aromatic heterocycles. The minimum absolute atomic E-state index is 0.0715. The Kier molecular flexibility index (Phi) is 4.26. The average Bonchev–Trinajstić information content (AvgIpc) is 3.12. The number of aliphatic hydroxyl groups excluding tert-OH is 1. The fourth-order valence-electron chi connectivity index (χ4n) is 3.51. The number of hydrogen-bond acceptors (Lipinski definition) is 5. The molecule has 0 bridgehead atoms. The van der Waals surface area contributed by atoms with Gasteiger partial charge in [-0.05, 0) is 40.8 Å². The average molecular weight is 386 g/mol. The maximum atomic E-state index is 12.1. The lowest BCUT2D eigenvalue weighted by molar-refractivity contribution is -0.108. The number of carbonyl (C=O) groups excluding carboxylic acids is 1. The van der Waals surface area contributed by atoms with E-state index >= 15 is 0 Å². The van der Waals surface area contributed by atoms with Crippen molar-refractivity contribution in [3.63, 3.8) is 0 Å². The van der Waals surface area contributed by atoms with Gasteiger partial charge in [-0.1, -0.05) is 36.4 Å². The van der Waals surface area contributed by atoms with Gasteiger partial charge in [0.2, 0.25) is 0 Å². The van der Waals surface area contributed by atoms with E-state index in [2.05, 4.69) is 4.72 Å².